The Morgan fingerprint density at radius 3 is 2.50 bits per heavy atom. The maximum Gasteiger partial charge on any atom is 0.313 e. The number of halogens is 1. The molecule has 2 atom stereocenters. The van der Waals surface area contributed by atoms with E-state index in [0.29, 0.717) is 11.4 Å². The molecule has 0 aliphatic carbocycles. The quantitative estimate of drug-likeness (QED) is 0.441. The van der Waals surface area contributed by atoms with E-state index >= 15 is 0 Å². The Kier molecular flexibility index (Phi) is 7.97. The molecule has 2 unspecified atom stereocenters. The molecular weight excluding hydrogens is 434 g/mol. The van der Waals surface area contributed by atoms with Gasteiger partial charge < -0.3 is 10.2 Å². The van der Waals surface area contributed by atoms with Crippen LogP contribution in [-0.2, 0) is 37.0 Å². The fourth-order valence-corrected chi connectivity index (χ4v) is 3.84. The molecule has 0 saturated carbocycles. The average Bonchev–Trinajstić information content (AvgIpc) is 3.15. The van der Waals surface area contributed by atoms with Gasteiger partial charge in [-0.15, -0.1) is 0 Å². The first-order valence-electron chi connectivity index (χ1n) is 10.1. The van der Waals surface area contributed by atoms with Crippen LogP contribution in [0.15, 0.2) is 54.6 Å². The Morgan fingerprint density at radius 1 is 1.12 bits per heavy atom. The van der Waals surface area contributed by atoms with Crippen molar-refractivity contribution in [1.29, 1.82) is 0 Å². The summed E-state index contributed by atoms with van der Waals surface area (Å²) in [7, 11) is 1.21. The Balaban J connectivity index is 1.77. The zero-order valence-electron chi connectivity index (χ0n) is 17.5. The minimum absolute atomic E-state index is 0.119. The molecule has 0 radical (unpaired) electrons. The highest BCUT2D eigenvalue weighted by molar-refractivity contribution is 6.38. The van der Waals surface area contributed by atoms with Gasteiger partial charge in [-0.05, 0) is 23.6 Å². The number of carbonyl (C=O) groups is 4. The smallest absolute Gasteiger partial charge is 0.313 e. The van der Waals surface area contributed by atoms with Crippen LogP contribution in [0.5, 0.6) is 0 Å². The van der Waals surface area contributed by atoms with Gasteiger partial charge in [-0.1, -0.05) is 60.1 Å². The highest BCUT2D eigenvalue weighted by Crippen LogP contribution is 2.25. The molecule has 1 saturated heterocycles. The van der Waals surface area contributed by atoms with Crippen LogP contribution in [0.25, 0.3) is 0 Å². The van der Waals surface area contributed by atoms with Gasteiger partial charge in [0, 0.05) is 24.4 Å². The summed E-state index contributed by atoms with van der Waals surface area (Å²) in [4.78, 5) is 56.3. The van der Waals surface area contributed by atoms with Gasteiger partial charge in [0.2, 0.25) is 17.6 Å². The van der Waals surface area contributed by atoms with E-state index in [4.69, 9.17) is 11.6 Å². The van der Waals surface area contributed by atoms with Gasteiger partial charge in [0.05, 0.1) is 7.11 Å². The molecule has 32 heavy (non-hydrogen) atoms. The summed E-state index contributed by atoms with van der Waals surface area (Å²) in [5, 5.41) is 3.17. The van der Waals surface area contributed by atoms with E-state index in [1.54, 1.807) is 48.5 Å². The van der Waals surface area contributed by atoms with Crippen molar-refractivity contribution in [3.63, 3.8) is 0 Å². The van der Waals surface area contributed by atoms with E-state index in [0.717, 1.165) is 11.1 Å². The van der Waals surface area contributed by atoms with Crippen LogP contribution < -0.4 is 10.8 Å². The van der Waals surface area contributed by atoms with Crippen LogP contribution in [0.4, 0.5) is 0 Å². The lowest BCUT2D eigenvalue weighted by Gasteiger charge is -2.26. The van der Waals surface area contributed by atoms with Gasteiger partial charge in [0.25, 0.3) is 0 Å². The standard InChI is InChI=1S/C23H24ClN3O5/c1-32-26-23(31)21(29)18(13-15-7-3-2-4-8-15)25-22(30)19-11-12-20(28)27(19)14-16-9-5-6-10-17(16)24/h2-10,18-19H,11-14H2,1H3,(H,25,30)(H,26,31). The second-order valence-corrected chi connectivity index (χ2v) is 7.83. The second kappa shape index (κ2) is 10.9. The van der Waals surface area contributed by atoms with Crippen LogP contribution in [0, 0.1) is 0 Å². The molecule has 0 aromatic heterocycles. The minimum atomic E-state index is -1.11. The molecule has 9 heteroatoms. The number of Topliss-reactive ketones (excluding diaryl/α,β-unsaturated/α-hetero) is 1. The molecule has 1 fully saturated rings. The van der Waals surface area contributed by atoms with Crippen LogP contribution in [0.2, 0.25) is 5.02 Å². The number of nitrogens with zero attached hydrogens (tertiary/aromatic N) is 1. The molecule has 1 heterocycles. The third kappa shape index (κ3) is 5.72. The molecule has 0 bridgehead atoms. The molecule has 3 amide bonds. The molecule has 8 nitrogen and oxygen atoms in total. The predicted octanol–water partition coefficient (Wildman–Crippen LogP) is 1.81. The van der Waals surface area contributed by atoms with Crippen molar-refractivity contribution < 1.29 is 24.0 Å². The van der Waals surface area contributed by atoms with Crippen molar-refractivity contribution in [2.45, 2.75) is 37.9 Å². The first-order chi connectivity index (χ1) is 15.4. The third-order valence-corrected chi connectivity index (χ3v) is 5.63. The number of rotatable bonds is 9. The minimum Gasteiger partial charge on any atom is -0.344 e. The summed E-state index contributed by atoms with van der Waals surface area (Å²) in [6.45, 7) is 0.179. The lowest BCUT2D eigenvalue weighted by Crippen LogP contribution is -2.53. The normalized spacial score (nSPS) is 16.5. The highest BCUT2D eigenvalue weighted by Gasteiger charge is 2.38. The highest BCUT2D eigenvalue weighted by atomic mass is 35.5. The van der Waals surface area contributed by atoms with E-state index in [-0.39, 0.29) is 25.3 Å². The predicted molar refractivity (Wildman–Crippen MR) is 117 cm³/mol. The molecule has 3 rings (SSSR count). The fraction of sp³-hybridized carbons (Fsp3) is 0.304. The number of amides is 3. The van der Waals surface area contributed by atoms with E-state index in [2.05, 4.69) is 10.2 Å². The van der Waals surface area contributed by atoms with Crippen LogP contribution in [0.3, 0.4) is 0 Å². The molecule has 168 valence electrons. The first-order valence-corrected chi connectivity index (χ1v) is 10.5. The number of hydrogen-bond donors (Lipinski definition) is 2. The van der Waals surface area contributed by atoms with E-state index in [1.165, 1.54) is 12.0 Å². The Labute approximate surface area is 190 Å². The maximum absolute atomic E-state index is 13.1. The average molecular weight is 458 g/mol. The molecule has 1 aliphatic heterocycles. The van der Waals surface area contributed by atoms with Gasteiger partial charge in [0.1, 0.15) is 12.1 Å². The molecule has 2 aromatic rings. The molecule has 2 aromatic carbocycles. The number of nitrogens with one attached hydrogen (secondary N) is 2. The number of hydrogen-bond acceptors (Lipinski definition) is 5. The van der Waals surface area contributed by atoms with E-state index in [9.17, 15) is 19.2 Å². The second-order valence-electron chi connectivity index (χ2n) is 7.42. The number of carbonyl (C=O) groups excluding carboxylic acids is 4. The number of benzene rings is 2. The topological polar surface area (TPSA) is 105 Å². The number of hydroxylamine groups is 1. The molecule has 2 N–H and O–H groups in total. The van der Waals surface area contributed by atoms with Gasteiger partial charge in [-0.25, -0.2) is 5.48 Å². The van der Waals surface area contributed by atoms with Crippen molar-refractivity contribution in [3.05, 3.63) is 70.7 Å². The van der Waals surface area contributed by atoms with Crippen LogP contribution in [0.1, 0.15) is 24.0 Å². The first kappa shape index (κ1) is 23.4. The van der Waals surface area contributed by atoms with E-state index < -0.39 is 29.7 Å². The summed E-state index contributed by atoms with van der Waals surface area (Å²) >= 11 is 6.22. The maximum atomic E-state index is 13.1. The zero-order chi connectivity index (χ0) is 23.1. The Bertz CT molecular complexity index is 998. The summed E-state index contributed by atoms with van der Waals surface area (Å²) in [5.74, 6) is -2.48. The zero-order valence-corrected chi connectivity index (χ0v) is 18.3. The Hall–Kier alpha value is -3.23. The van der Waals surface area contributed by atoms with Gasteiger partial charge in [-0.3, -0.25) is 24.0 Å². The SMILES string of the molecule is CONC(=O)C(=O)C(Cc1ccccc1)NC(=O)C1CCC(=O)N1Cc1ccccc1Cl. The number of ketones is 1. The van der Waals surface area contributed by atoms with Crippen molar-refractivity contribution in [3.8, 4) is 0 Å². The summed E-state index contributed by atoms with van der Waals surface area (Å²) < 4.78 is 0. The lowest BCUT2D eigenvalue weighted by molar-refractivity contribution is -0.146. The van der Waals surface area contributed by atoms with Gasteiger partial charge in [0.15, 0.2) is 0 Å². The monoisotopic (exact) mass is 457 g/mol. The van der Waals surface area contributed by atoms with Crippen molar-refractivity contribution >= 4 is 35.1 Å². The Morgan fingerprint density at radius 2 is 1.81 bits per heavy atom. The van der Waals surface area contributed by atoms with Crippen LogP contribution in [-0.4, -0.2) is 47.6 Å². The number of likely N-dealkylation sites (tertiary alicyclic amines) is 1. The summed E-state index contributed by atoms with van der Waals surface area (Å²) in [5.41, 5.74) is 3.48. The van der Waals surface area contributed by atoms with Crippen molar-refractivity contribution in [2.75, 3.05) is 7.11 Å². The van der Waals surface area contributed by atoms with Crippen LogP contribution >= 0.6 is 11.6 Å². The largest absolute Gasteiger partial charge is 0.344 e. The van der Waals surface area contributed by atoms with Crippen molar-refractivity contribution in [2.24, 2.45) is 0 Å². The van der Waals surface area contributed by atoms with Gasteiger partial charge in [-0.2, -0.15) is 0 Å². The van der Waals surface area contributed by atoms with Crippen molar-refractivity contribution in [1.82, 2.24) is 15.7 Å². The molecule has 0 spiro atoms. The van der Waals surface area contributed by atoms with Gasteiger partial charge >= 0.3 is 5.91 Å². The van der Waals surface area contributed by atoms with E-state index in [1.807, 2.05) is 11.5 Å². The lowest BCUT2D eigenvalue weighted by atomic mass is 10.0. The summed E-state index contributed by atoms with van der Waals surface area (Å²) in [6, 6.07) is 14.2. The summed E-state index contributed by atoms with van der Waals surface area (Å²) in [6.07, 6.45) is 0.642. The fourth-order valence-electron chi connectivity index (χ4n) is 3.64. The molecular formula is C23H24ClN3O5. The third-order valence-electron chi connectivity index (χ3n) is 5.26. The molecule has 1 aliphatic rings.